The molecule has 138 valence electrons. The van der Waals surface area contributed by atoms with Crippen molar-refractivity contribution in [2.75, 3.05) is 33.1 Å². The number of aliphatic carboxylic acids is 1. The highest BCUT2D eigenvalue weighted by Gasteiger charge is 2.16. The quantitative estimate of drug-likeness (QED) is 0.770. The maximum atomic E-state index is 11.1. The van der Waals surface area contributed by atoms with Gasteiger partial charge in [-0.15, -0.1) is 0 Å². The maximum Gasteiger partial charge on any atom is 0.320 e. The van der Waals surface area contributed by atoms with Crippen LogP contribution in [-0.4, -0.2) is 55.6 Å². The van der Waals surface area contributed by atoms with Crippen LogP contribution < -0.4 is 10.6 Å². The molecule has 0 saturated heterocycles. The molecule has 5 nitrogen and oxygen atoms in total. The first-order valence-corrected chi connectivity index (χ1v) is 8.69. The molecule has 0 fully saturated rings. The lowest BCUT2D eigenvalue weighted by atomic mass is 9.91. The van der Waals surface area contributed by atoms with Gasteiger partial charge in [0.15, 0.2) is 5.71 Å². The van der Waals surface area contributed by atoms with E-state index in [4.69, 9.17) is 10.8 Å². The highest BCUT2D eigenvalue weighted by atomic mass is 16.4. The van der Waals surface area contributed by atoms with Crippen LogP contribution in [0.3, 0.4) is 0 Å². The van der Waals surface area contributed by atoms with Crippen molar-refractivity contribution in [1.29, 1.82) is 0 Å². The van der Waals surface area contributed by atoms with Gasteiger partial charge >= 0.3 is 5.97 Å². The van der Waals surface area contributed by atoms with Crippen molar-refractivity contribution >= 4 is 22.9 Å². The third kappa shape index (κ3) is 4.92. The predicted molar refractivity (Wildman–Crippen MR) is 108 cm³/mol. The van der Waals surface area contributed by atoms with Gasteiger partial charge in [0.05, 0.1) is 0 Å². The fourth-order valence-corrected chi connectivity index (χ4v) is 2.80. The molecule has 0 heterocycles. The molecule has 26 heavy (non-hydrogen) atoms. The Balaban J connectivity index is 2.38. The first kappa shape index (κ1) is 19.7. The Hall–Kier alpha value is -2.66. The molecule has 3 N–H and O–H groups in total. The molecular weight excluding hydrogens is 326 g/mol. The standard InChI is InChI=1S/C21H27N3O2/c1-23(2)17-9-5-15(6-10-17)19(13-14-20(22)21(25)26)16-7-11-18(12-8-16)24(3)4/h5-12,20H,13-14,22H2,1-4H3/p+1/t20-/m1/s1. The molecule has 0 radical (unpaired) electrons. The molecule has 0 bridgehead atoms. The molecule has 0 saturated carbocycles. The fraction of sp³-hybridized carbons (Fsp3) is 0.333. The molecule has 1 aliphatic carbocycles. The minimum atomic E-state index is -0.963. The lowest BCUT2D eigenvalue weighted by Gasteiger charge is -2.17. The smallest absolute Gasteiger partial charge is 0.320 e. The maximum absolute atomic E-state index is 11.1. The van der Waals surface area contributed by atoms with E-state index in [-0.39, 0.29) is 0 Å². The molecule has 5 heteroatoms. The summed E-state index contributed by atoms with van der Waals surface area (Å²) >= 11 is 0. The molecule has 0 spiro atoms. The number of hydrogen-bond donors (Lipinski definition) is 2. The zero-order chi connectivity index (χ0) is 19.3. The average Bonchev–Trinajstić information content (AvgIpc) is 2.62. The van der Waals surface area contributed by atoms with Crippen molar-refractivity contribution in [3.05, 3.63) is 59.7 Å². The fourth-order valence-electron chi connectivity index (χ4n) is 2.80. The molecule has 0 aliphatic heterocycles. The van der Waals surface area contributed by atoms with E-state index in [1.807, 2.05) is 28.2 Å². The molecule has 0 amide bonds. The summed E-state index contributed by atoms with van der Waals surface area (Å²) in [5, 5.41) is 9.09. The molecule has 0 unspecified atom stereocenters. The van der Waals surface area contributed by atoms with Crippen molar-refractivity contribution in [2.45, 2.75) is 18.9 Å². The van der Waals surface area contributed by atoms with E-state index >= 15 is 0 Å². The van der Waals surface area contributed by atoms with E-state index < -0.39 is 12.0 Å². The van der Waals surface area contributed by atoms with Crippen LogP contribution in [0, 0.1) is 0 Å². The van der Waals surface area contributed by atoms with E-state index in [1.54, 1.807) is 0 Å². The van der Waals surface area contributed by atoms with Gasteiger partial charge in [-0.2, -0.15) is 0 Å². The third-order valence-electron chi connectivity index (χ3n) is 4.49. The van der Waals surface area contributed by atoms with Gasteiger partial charge in [-0.25, -0.2) is 4.58 Å². The first-order valence-electron chi connectivity index (χ1n) is 8.69. The number of hydrogen-bond acceptors (Lipinski definition) is 3. The van der Waals surface area contributed by atoms with Crippen LogP contribution in [0.5, 0.6) is 0 Å². The Morgan fingerprint density at radius 2 is 1.69 bits per heavy atom. The van der Waals surface area contributed by atoms with Gasteiger partial charge in [-0.1, -0.05) is 12.1 Å². The van der Waals surface area contributed by atoms with Crippen molar-refractivity contribution < 1.29 is 14.5 Å². The summed E-state index contributed by atoms with van der Waals surface area (Å²) in [6, 6.07) is 7.45. The van der Waals surface area contributed by atoms with E-state index in [2.05, 4.69) is 58.0 Å². The Kier molecular flexibility index (Phi) is 6.52. The predicted octanol–water partition coefficient (Wildman–Crippen LogP) is 2.54. The van der Waals surface area contributed by atoms with Crippen molar-refractivity contribution in [3.8, 4) is 0 Å². The summed E-state index contributed by atoms with van der Waals surface area (Å²) in [4.78, 5) is 13.1. The van der Waals surface area contributed by atoms with Crippen LogP contribution in [0.2, 0.25) is 0 Å². The van der Waals surface area contributed by atoms with Crippen molar-refractivity contribution in [1.82, 2.24) is 0 Å². The summed E-state index contributed by atoms with van der Waals surface area (Å²) in [5.41, 5.74) is 11.3. The SMILES string of the molecule is CN(C)c1ccc(C(CC[C@@H](N)C(=O)O)=C2C=CC(=[N+](C)C)C=C2)cc1. The van der Waals surface area contributed by atoms with Gasteiger partial charge in [0.1, 0.15) is 20.1 Å². The van der Waals surface area contributed by atoms with Crippen LogP contribution in [0.1, 0.15) is 18.4 Å². The minimum absolute atomic E-state index is 0.398. The van der Waals surface area contributed by atoms with Gasteiger partial charge in [-0.3, -0.25) is 4.79 Å². The number of anilines is 1. The zero-order valence-electron chi connectivity index (χ0n) is 15.9. The second-order valence-corrected chi connectivity index (χ2v) is 6.84. The van der Waals surface area contributed by atoms with Crippen molar-refractivity contribution in [3.63, 3.8) is 0 Å². The Morgan fingerprint density at radius 1 is 1.12 bits per heavy atom. The van der Waals surface area contributed by atoms with E-state index in [1.165, 1.54) is 0 Å². The number of carbonyl (C=O) groups is 1. The molecule has 0 aromatic heterocycles. The highest BCUT2D eigenvalue weighted by molar-refractivity contribution is 6.03. The van der Waals surface area contributed by atoms with Crippen LogP contribution >= 0.6 is 0 Å². The molecule has 1 aromatic carbocycles. The van der Waals surface area contributed by atoms with E-state index in [0.717, 1.165) is 28.1 Å². The van der Waals surface area contributed by atoms with Gasteiger partial charge < -0.3 is 15.7 Å². The average molecular weight is 354 g/mol. The number of allylic oxidation sites excluding steroid dienone is 6. The Labute approximate surface area is 155 Å². The topological polar surface area (TPSA) is 69.6 Å². The number of nitrogens with zero attached hydrogens (tertiary/aromatic N) is 2. The first-order chi connectivity index (χ1) is 12.3. The van der Waals surface area contributed by atoms with Gasteiger partial charge in [0, 0.05) is 31.9 Å². The monoisotopic (exact) mass is 354 g/mol. The van der Waals surface area contributed by atoms with Gasteiger partial charge in [0.2, 0.25) is 0 Å². The zero-order valence-corrected chi connectivity index (χ0v) is 15.9. The van der Waals surface area contributed by atoms with Gasteiger partial charge in [0.25, 0.3) is 0 Å². The summed E-state index contributed by atoms with van der Waals surface area (Å²) < 4.78 is 2.05. The molecule has 2 rings (SSSR count). The highest BCUT2D eigenvalue weighted by Crippen LogP contribution is 2.29. The van der Waals surface area contributed by atoms with Crippen LogP contribution in [-0.2, 0) is 4.79 Å². The van der Waals surface area contributed by atoms with Crippen LogP contribution in [0.15, 0.2) is 54.1 Å². The van der Waals surface area contributed by atoms with Crippen LogP contribution in [0.25, 0.3) is 5.57 Å². The lowest BCUT2D eigenvalue weighted by Crippen LogP contribution is -2.29. The summed E-state index contributed by atoms with van der Waals surface area (Å²) in [5.74, 6) is -0.963. The Bertz CT molecular complexity index is 762. The summed E-state index contributed by atoms with van der Waals surface area (Å²) in [7, 11) is 8.02. The third-order valence-corrected chi connectivity index (χ3v) is 4.49. The number of carboxylic acid groups (broad SMARTS) is 1. The van der Waals surface area contributed by atoms with Gasteiger partial charge in [-0.05, 0) is 53.8 Å². The molecular formula is C21H28N3O2+. The minimum Gasteiger partial charge on any atom is -0.480 e. The van der Waals surface area contributed by atoms with E-state index in [9.17, 15) is 4.79 Å². The van der Waals surface area contributed by atoms with E-state index in [0.29, 0.717) is 12.8 Å². The number of rotatable bonds is 6. The number of benzene rings is 1. The number of carboxylic acids is 1. The second kappa shape index (κ2) is 8.63. The molecule has 1 aromatic rings. The summed E-state index contributed by atoms with van der Waals surface area (Å²) in [6.07, 6.45) is 9.31. The largest absolute Gasteiger partial charge is 0.480 e. The second-order valence-electron chi connectivity index (χ2n) is 6.84. The molecule has 1 atom stereocenters. The number of nitrogens with two attached hydrogens (primary N) is 1. The normalized spacial score (nSPS) is 14.3. The lowest BCUT2D eigenvalue weighted by molar-refractivity contribution is -0.462. The van der Waals surface area contributed by atoms with Crippen LogP contribution in [0.4, 0.5) is 5.69 Å². The summed E-state index contributed by atoms with van der Waals surface area (Å²) in [6.45, 7) is 0. The Morgan fingerprint density at radius 3 is 2.15 bits per heavy atom. The van der Waals surface area contributed by atoms with Crippen molar-refractivity contribution in [2.24, 2.45) is 5.73 Å². The molecule has 1 aliphatic rings.